The van der Waals surface area contributed by atoms with E-state index in [2.05, 4.69) is 9.47 Å². The van der Waals surface area contributed by atoms with Crippen LogP contribution in [-0.4, -0.2) is 153 Å². The van der Waals surface area contributed by atoms with Crippen molar-refractivity contribution < 1.29 is 116 Å². The molecule has 4 N–H and O–H groups in total. The largest absolute Gasteiger partial charge is 0.493 e. The van der Waals surface area contributed by atoms with E-state index >= 15 is 0 Å². The van der Waals surface area contributed by atoms with Crippen LogP contribution in [0.4, 0.5) is 5.69 Å². The third-order valence-corrected chi connectivity index (χ3v) is 6.49. The van der Waals surface area contributed by atoms with Gasteiger partial charge in [-0.3, -0.25) is 24.3 Å². The number of hydrogen-bond donors (Lipinski definition) is 4. The van der Waals surface area contributed by atoms with Gasteiger partial charge in [0.2, 0.25) is 5.91 Å². The normalized spacial score (nSPS) is 38.0. The van der Waals surface area contributed by atoms with E-state index in [-0.39, 0.29) is 0 Å². The lowest BCUT2D eigenvalue weighted by Gasteiger charge is -2.35. The summed E-state index contributed by atoms with van der Waals surface area (Å²) in [6, 6.07) is -16.6. The number of β-amino-alcohol motifs (C(OH)–C–C–N with tert-alkyl or cyclic N) is 2. The average Bonchev–Trinajstić information content (AvgIpc) is 0.678. The second-order valence-corrected chi connectivity index (χ2v) is 10.7. The van der Waals surface area contributed by atoms with Gasteiger partial charge in [-0.15, -0.1) is 11.6 Å². The maximum atomic E-state index is 13.3. The van der Waals surface area contributed by atoms with E-state index in [1.54, 1.807) is 5.32 Å². The van der Waals surface area contributed by atoms with E-state index in [4.69, 9.17) is 97.8 Å². The van der Waals surface area contributed by atoms with Crippen LogP contribution in [0.5, 0.6) is 23.0 Å². The lowest BCUT2D eigenvalue weighted by atomic mass is 9.99. The predicted molar refractivity (Wildman–Crippen MR) is 246 cm³/mol. The average molecular weight is 933 g/mol. The minimum absolute atomic E-state index is 0.420. The molecule has 2 heterocycles. The summed E-state index contributed by atoms with van der Waals surface area (Å²) in [5.74, 6) is -8.68. The van der Waals surface area contributed by atoms with Crippen molar-refractivity contribution in [2.75, 3.05) is 110 Å². The molecule has 2 aliphatic heterocycles. The van der Waals surface area contributed by atoms with Crippen molar-refractivity contribution in [3.8, 4) is 23.0 Å². The molecule has 13 nitrogen and oxygen atoms in total. The molecular weight excluding hydrogens is 810 g/mol. The first kappa shape index (κ1) is 13.4. The lowest BCUT2D eigenvalue weighted by molar-refractivity contribution is -0.118. The van der Waals surface area contributed by atoms with Gasteiger partial charge in [0.05, 0.1) is 63.5 Å². The highest BCUT2D eigenvalue weighted by Crippen LogP contribution is 2.27. The van der Waals surface area contributed by atoms with Gasteiger partial charge in [-0.2, -0.15) is 0 Å². The highest BCUT2D eigenvalue weighted by atomic mass is 35.5. The maximum Gasteiger partial charge on any atom is 0.238 e. The Hall–Kier alpha value is -4.73. The maximum absolute atomic E-state index is 13.3. The van der Waals surface area contributed by atoms with Gasteiger partial charge >= 0.3 is 0 Å². The summed E-state index contributed by atoms with van der Waals surface area (Å²) in [4.78, 5) is 22.4. The zero-order chi connectivity index (χ0) is 93.6. The molecule has 6 rings (SSSR count). The predicted octanol–water partition coefficient (Wildman–Crippen LogP) is 4.99. The molecule has 14 heteroatoms. The molecule has 0 spiro atoms. The van der Waals surface area contributed by atoms with Crippen LogP contribution in [-0.2, 0) is 16.0 Å². The first-order valence-electron chi connectivity index (χ1n) is 44.0. The van der Waals surface area contributed by atoms with Crippen LogP contribution >= 0.6 is 11.6 Å². The monoisotopic (exact) mass is 932 g/mol. The van der Waals surface area contributed by atoms with Crippen LogP contribution in [0.2, 0.25) is 0 Å². The van der Waals surface area contributed by atoms with Crippen LogP contribution in [0.3, 0.4) is 0 Å². The third kappa shape index (κ3) is 17.6. The van der Waals surface area contributed by atoms with E-state index in [9.17, 15) is 19.8 Å². The number of Topliss-reactive ketones (excluding diaryl/α,β-unsaturated/α-hetero) is 1. The standard InChI is InChI=1S/C23H31N3O4.C14H22N2O3.C11H13ClO/c1-18-7-3-4-8-20(18)24-23(28)16-26-13-11-25(12-14-26)15-19(27)17-30-22-10-6-5-9-21(22)29-2;1-18-13-4-2-3-5-14(13)19-11-12(17)10-16-8-6-15-7-9-16;1-8-4-3-5-9(2)11(8)6-10(13)7-12/h3-10,19,27H,11-17H2,1-2H3,(H,24,28);2-5,12,15,17H,6-11H2,1H3;3-5H,6-7H2,1-2H3/i1D3,2D3,3D,4D,5D,6D,7D,8D,9D,10D,11D2,12D2,13D2,14D2,15D2,17D2,19D;1D3,2D,3D,4D,5D,6D2,7D2,8D2,9D2,10D2,11D2,12D;1D3,2D3,3D,4D,5D. The number of halogens is 1. The topological polar surface area (TPSA) is 145 Å². The molecule has 0 aliphatic carbocycles. The summed E-state index contributed by atoms with van der Waals surface area (Å²) < 4.78 is 461. The van der Waals surface area contributed by atoms with Gasteiger partial charge in [0.1, 0.15) is 25.3 Å². The highest BCUT2D eigenvalue weighted by molar-refractivity contribution is 6.27. The summed E-state index contributed by atoms with van der Waals surface area (Å²) in [6.07, 6.45) is -10.0. The zero-order valence-corrected chi connectivity index (χ0v) is 31.4. The molecular formula is C48H66ClN5O8. The molecule has 2 saturated heterocycles. The number of carbonyl (C=O) groups excluding carboxylic acids is 2. The van der Waals surface area contributed by atoms with Gasteiger partial charge in [0.15, 0.2) is 28.8 Å². The van der Waals surface area contributed by atoms with Crippen molar-refractivity contribution >= 4 is 29.0 Å². The number of para-hydroxylation sites is 5. The van der Waals surface area contributed by atoms with Crippen LogP contribution in [0.15, 0.2) is 90.6 Å². The molecule has 62 heavy (non-hydrogen) atoms. The Kier molecular flexibility index (Phi) is 5.92. The zero-order valence-electron chi connectivity index (χ0n) is 86.7. The van der Waals surface area contributed by atoms with Gasteiger partial charge in [-0.05, 0) is 73.0 Å². The van der Waals surface area contributed by atoms with Crippen LogP contribution in [0, 0.1) is 20.6 Å². The van der Waals surface area contributed by atoms with Gasteiger partial charge in [0, 0.05) is 117 Å². The second kappa shape index (κ2) is 27.4. The number of carbonyl (C=O) groups is 2. The molecule has 0 saturated carbocycles. The van der Waals surface area contributed by atoms with E-state index < -0.39 is 312 Å². The number of amides is 1. The minimum atomic E-state index is -4.83. The Morgan fingerprint density at radius 1 is 0.742 bits per heavy atom. The number of anilines is 1. The van der Waals surface area contributed by atoms with Crippen molar-refractivity contribution in [2.24, 2.45) is 0 Å². The quantitative estimate of drug-likeness (QED) is 0.0999. The number of aliphatic hydroxyl groups is 2. The lowest BCUT2D eigenvalue weighted by Crippen LogP contribution is -2.50. The first-order valence-corrected chi connectivity index (χ1v) is 16.6. The Morgan fingerprint density at radius 2 is 1.23 bits per heavy atom. The summed E-state index contributed by atoms with van der Waals surface area (Å²) >= 11 is 5.38. The number of ether oxygens (including phenoxy) is 4. The van der Waals surface area contributed by atoms with Crippen LogP contribution in [0.25, 0.3) is 0 Å². The second-order valence-electron chi connectivity index (χ2n) is 10.4. The molecule has 2 fully saturated rings. The van der Waals surface area contributed by atoms with E-state index in [0.29, 0.717) is 0 Å². The molecule has 338 valence electrons. The molecule has 2 aliphatic rings. The van der Waals surface area contributed by atoms with Crippen molar-refractivity contribution in [1.29, 1.82) is 0 Å². The number of piperazine rings is 2. The van der Waals surface area contributed by atoms with Crippen molar-refractivity contribution in [2.45, 2.75) is 39.1 Å². The van der Waals surface area contributed by atoms with Gasteiger partial charge in [0.25, 0.3) is 0 Å². The molecule has 1 amide bonds. The molecule has 0 bridgehead atoms. The van der Waals surface area contributed by atoms with Crippen LogP contribution < -0.4 is 29.6 Å². The van der Waals surface area contributed by atoms with E-state index in [1.807, 2.05) is 0 Å². The molecule has 2 unspecified atom stereocenters. The molecule has 4 aromatic rings. The van der Waals surface area contributed by atoms with E-state index in [1.165, 1.54) is 5.32 Å². The number of nitrogens with zero attached hydrogens (tertiary/aromatic N) is 3. The smallest absolute Gasteiger partial charge is 0.238 e. The Bertz CT molecular complexity index is 4420. The van der Waals surface area contributed by atoms with Crippen molar-refractivity contribution in [3.63, 3.8) is 0 Å². The van der Waals surface area contributed by atoms with Crippen molar-refractivity contribution in [1.82, 2.24) is 20.0 Å². The Morgan fingerprint density at radius 3 is 1.76 bits per heavy atom. The third-order valence-electron chi connectivity index (χ3n) is 6.19. The number of alkyl halides is 1. The summed E-state index contributed by atoms with van der Waals surface area (Å²) in [5, 5.41) is 25.1. The molecule has 0 radical (unpaired) electrons. The van der Waals surface area contributed by atoms with Gasteiger partial charge in [-0.25, -0.2) is 0 Å². The fourth-order valence-electron chi connectivity index (χ4n) is 3.60. The number of benzene rings is 4. The van der Waals surface area contributed by atoms with Crippen molar-refractivity contribution in [3.05, 3.63) is 113 Å². The molecule has 0 aromatic heterocycles. The Labute approximate surface area is 451 Å². The fourth-order valence-corrected chi connectivity index (χ4v) is 3.69. The van der Waals surface area contributed by atoms with E-state index in [0.717, 1.165) is 0 Å². The van der Waals surface area contributed by atoms with Gasteiger partial charge in [-0.1, -0.05) is 60.4 Å². The molecule has 2 atom stereocenters. The Balaban J connectivity index is 0.000000412. The molecule has 4 aromatic carbocycles. The number of methoxy groups -OCH3 is 2. The SMILES string of the molecule is [2H]c1c([2H])c(C([2H])([2H])[2H])c(CC(=O)CCl)c(C([2H])([2H])[2H])c1[2H].[2H]c1c([2H])c([2H])c(C([2H])([2H])[2H])c(NC(=O)CN2C([2H])([2H])C([2H])([2H])N(C([2H])([2H])C([2H])(O)C([2H])([2H])Oc3c([2H])c([2H])c([2H])c([2H])c3OC([2H])([2H])[2H])C([2H])([2H])C2([2H])[2H])c1[2H].[2H]c1c([2H])c([2H])c(OC([2H])([2H])C([2H])(O)C([2H])([2H])N2C([2H])([2H])C([2H])([2H])NC([2H])([2H])C2([2H])[2H])c(OC([2H])([2H])[2H])c1[2H]. The van der Waals surface area contributed by atoms with Gasteiger partial charge < -0.3 is 39.8 Å². The summed E-state index contributed by atoms with van der Waals surface area (Å²) in [6.45, 7) is -61.3. The highest BCUT2D eigenvalue weighted by Gasteiger charge is 2.22. The number of nitrogens with one attached hydrogen (secondary N) is 2. The summed E-state index contributed by atoms with van der Waals surface area (Å²) in [5.41, 5.74) is -4.02. The number of ketones is 1. The fraction of sp³-hybridized carbons (Fsp3) is 0.458. The van der Waals surface area contributed by atoms with Crippen LogP contribution in [0.1, 0.15) is 99.0 Å². The first-order chi connectivity index (χ1) is 51.8. The summed E-state index contributed by atoms with van der Waals surface area (Å²) in [7, 11) is -6.95. The number of rotatable bonds is 18. The number of hydrogen-bond acceptors (Lipinski definition) is 12. The minimum Gasteiger partial charge on any atom is -0.493 e.